The molecule has 0 fully saturated rings. The van der Waals surface area contributed by atoms with Crippen molar-refractivity contribution in [2.45, 2.75) is 0 Å². The van der Waals surface area contributed by atoms with Gasteiger partial charge in [0.05, 0.1) is 44.3 Å². The van der Waals surface area contributed by atoms with Crippen LogP contribution in [0.1, 0.15) is 11.1 Å². The highest BCUT2D eigenvalue weighted by Gasteiger charge is 2.31. The fraction of sp³-hybridized carbons (Fsp3) is 0. The van der Waals surface area contributed by atoms with E-state index in [9.17, 15) is 10.5 Å². The van der Waals surface area contributed by atoms with Gasteiger partial charge in [0.25, 0.3) is 0 Å². The lowest BCUT2D eigenvalue weighted by Crippen LogP contribution is -2.06. The van der Waals surface area contributed by atoms with Gasteiger partial charge in [0.2, 0.25) is 0 Å². The second kappa shape index (κ2) is 10.7. The quantitative estimate of drug-likeness (QED) is 0.176. The van der Waals surface area contributed by atoms with Crippen LogP contribution in [0.2, 0.25) is 0 Å². The predicted molar refractivity (Wildman–Crippen MR) is 226 cm³/mol. The van der Waals surface area contributed by atoms with Crippen LogP contribution in [0.4, 0.5) is 0 Å². The number of benzene rings is 8. The van der Waals surface area contributed by atoms with E-state index in [-0.39, 0.29) is 11.1 Å². The van der Waals surface area contributed by atoms with Crippen molar-refractivity contribution in [3.05, 3.63) is 157 Å². The lowest BCUT2D eigenvalue weighted by atomic mass is 9.98. The van der Waals surface area contributed by atoms with E-state index in [0.29, 0.717) is 22.5 Å². The summed E-state index contributed by atoms with van der Waals surface area (Å²) in [4.78, 5) is 0. The predicted octanol–water partition coefficient (Wildman–Crippen LogP) is 13.3. The number of nitriles is 2. The Hall–Kier alpha value is -8.26. The summed E-state index contributed by atoms with van der Waals surface area (Å²) in [7, 11) is 0. The molecule has 0 aliphatic rings. The fourth-order valence-electron chi connectivity index (χ4n) is 9.61. The van der Waals surface area contributed by atoms with E-state index in [4.69, 9.17) is 13.3 Å². The Morgan fingerprint density at radius 1 is 0.333 bits per heavy atom. The number of furan rings is 3. The number of para-hydroxylation sites is 5. The van der Waals surface area contributed by atoms with Gasteiger partial charge in [-0.05, 0) is 54.6 Å². The maximum Gasteiger partial charge on any atom is 0.162 e. The van der Waals surface area contributed by atoms with Gasteiger partial charge in [-0.15, -0.1) is 0 Å². The average Bonchev–Trinajstić information content (AvgIpc) is 4.07. The molecule has 0 atom stereocenters. The minimum atomic E-state index is 0.222. The zero-order chi connectivity index (χ0) is 37.5. The van der Waals surface area contributed by atoms with Crippen molar-refractivity contribution in [3.63, 3.8) is 0 Å². The van der Waals surface area contributed by atoms with Crippen LogP contribution < -0.4 is 0 Å². The summed E-state index contributed by atoms with van der Waals surface area (Å²) < 4.78 is 23.9. The van der Waals surface area contributed by atoms with E-state index in [1.54, 1.807) is 0 Å². The molecule has 13 aromatic rings. The fourth-order valence-corrected chi connectivity index (χ4v) is 9.61. The molecule has 262 valence electrons. The van der Waals surface area contributed by atoms with Crippen molar-refractivity contribution in [1.29, 1.82) is 10.5 Å². The Bertz CT molecular complexity index is 4020. The Balaban J connectivity index is 1.26. The van der Waals surface area contributed by atoms with E-state index in [1.165, 1.54) is 0 Å². The van der Waals surface area contributed by atoms with Gasteiger partial charge in [0.15, 0.2) is 5.58 Å². The van der Waals surface area contributed by atoms with E-state index < -0.39 is 0 Å². The first-order valence-corrected chi connectivity index (χ1v) is 18.7. The topological polar surface area (TPSA) is 96.9 Å². The first-order chi connectivity index (χ1) is 28.2. The van der Waals surface area contributed by atoms with Gasteiger partial charge in [-0.25, -0.2) is 0 Å². The van der Waals surface area contributed by atoms with Gasteiger partial charge < -0.3 is 22.4 Å². The number of rotatable bonds is 2. The zero-order valence-corrected chi connectivity index (χ0v) is 29.9. The van der Waals surface area contributed by atoms with Gasteiger partial charge in [0.1, 0.15) is 45.7 Å². The first kappa shape index (κ1) is 30.1. The molecule has 0 amide bonds. The van der Waals surface area contributed by atoms with Crippen LogP contribution in [0.15, 0.2) is 159 Å². The third-order valence-electron chi connectivity index (χ3n) is 11.8. The molecule has 0 aliphatic carbocycles. The van der Waals surface area contributed by atoms with Gasteiger partial charge in [-0.3, -0.25) is 0 Å². The molecule has 5 aromatic heterocycles. The third kappa shape index (κ3) is 3.68. The molecule has 0 saturated carbocycles. The van der Waals surface area contributed by atoms with E-state index >= 15 is 0 Å². The van der Waals surface area contributed by atoms with Crippen molar-refractivity contribution in [1.82, 2.24) is 9.13 Å². The summed E-state index contributed by atoms with van der Waals surface area (Å²) in [6, 6.07) is 53.7. The van der Waals surface area contributed by atoms with Crippen LogP contribution in [-0.2, 0) is 0 Å². The lowest BCUT2D eigenvalue weighted by molar-refractivity contribution is 0.666. The molecule has 13 rings (SSSR count). The largest absolute Gasteiger partial charge is 0.456 e. The molecule has 8 aromatic carbocycles. The van der Waals surface area contributed by atoms with Crippen molar-refractivity contribution < 1.29 is 13.3 Å². The highest BCUT2D eigenvalue weighted by Crippen LogP contribution is 2.49. The minimum absolute atomic E-state index is 0.222. The van der Waals surface area contributed by atoms with Crippen molar-refractivity contribution in [2.75, 3.05) is 0 Å². The Morgan fingerprint density at radius 2 is 0.737 bits per heavy atom. The maximum atomic E-state index is 11.4. The standard InChI is InChI=1S/C50H24N4O3/c51-25-32-33(26-52)49(54-35-17-7-2-12-28(35)44-37(54)22-24-42-46(44)30-14-4-9-19-39(30)56-42)50-47(31-15-5-10-20-40(31)57-50)48(32)53-34-16-6-1-11-27(34)43-36(53)21-23-41-45(43)29-13-3-8-18-38(29)55-41/h1-24H. The molecule has 0 bridgehead atoms. The minimum Gasteiger partial charge on any atom is -0.456 e. The third-order valence-corrected chi connectivity index (χ3v) is 11.8. The van der Waals surface area contributed by atoms with Crippen LogP contribution in [-0.4, -0.2) is 9.13 Å². The molecule has 0 unspecified atom stereocenters. The Kier molecular flexibility index (Phi) is 5.65. The van der Waals surface area contributed by atoms with Crippen LogP contribution in [0, 0.1) is 22.7 Å². The summed E-state index contributed by atoms with van der Waals surface area (Å²) in [5.74, 6) is 0. The summed E-state index contributed by atoms with van der Waals surface area (Å²) in [5.41, 5.74) is 9.48. The van der Waals surface area contributed by atoms with Gasteiger partial charge >= 0.3 is 0 Å². The highest BCUT2D eigenvalue weighted by molar-refractivity contribution is 6.30. The second-order valence-electron chi connectivity index (χ2n) is 14.5. The van der Waals surface area contributed by atoms with Crippen molar-refractivity contribution in [3.8, 4) is 23.5 Å². The number of hydrogen-bond donors (Lipinski definition) is 0. The molecule has 0 N–H and O–H groups in total. The SMILES string of the molecule is N#Cc1c(C#N)c(-n2c3ccccc3c3c4c(ccc32)oc2ccccc24)c2c(oc3ccccc32)c1-n1c2ccccc2c2c3c(ccc21)oc1ccccc13. The summed E-state index contributed by atoms with van der Waals surface area (Å²) in [6.45, 7) is 0. The molecule has 0 saturated heterocycles. The smallest absolute Gasteiger partial charge is 0.162 e. The Morgan fingerprint density at radius 3 is 1.25 bits per heavy atom. The molecule has 0 radical (unpaired) electrons. The van der Waals surface area contributed by atoms with Crippen molar-refractivity contribution >= 4 is 109 Å². The normalized spacial score (nSPS) is 12.2. The number of fused-ring (bicyclic) bond motifs is 17. The molecule has 0 spiro atoms. The molecule has 57 heavy (non-hydrogen) atoms. The Labute approximate surface area is 321 Å². The number of hydrogen-bond acceptors (Lipinski definition) is 5. The van der Waals surface area contributed by atoms with Crippen LogP contribution in [0.5, 0.6) is 0 Å². The van der Waals surface area contributed by atoms with E-state index in [1.807, 2.05) is 103 Å². The monoisotopic (exact) mass is 728 g/mol. The van der Waals surface area contributed by atoms with Gasteiger partial charge in [-0.2, -0.15) is 10.5 Å². The maximum absolute atomic E-state index is 11.4. The number of aromatic nitrogens is 2. The average molecular weight is 729 g/mol. The van der Waals surface area contributed by atoms with Crippen molar-refractivity contribution in [2.24, 2.45) is 0 Å². The molecule has 5 heterocycles. The molecule has 7 heteroatoms. The summed E-state index contributed by atoms with van der Waals surface area (Å²) in [6.07, 6.45) is 0. The summed E-state index contributed by atoms with van der Waals surface area (Å²) in [5, 5.41) is 32.4. The molecule has 0 aliphatic heterocycles. The highest BCUT2D eigenvalue weighted by atomic mass is 16.3. The number of nitrogens with zero attached hydrogens (tertiary/aromatic N) is 4. The molecule has 7 nitrogen and oxygen atoms in total. The van der Waals surface area contributed by atoms with E-state index in [2.05, 4.69) is 63.7 Å². The lowest BCUT2D eigenvalue weighted by Gasteiger charge is -2.17. The second-order valence-corrected chi connectivity index (χ2v) is 14.5. The van der Waals surface area contributed by atoms with Gasteiger partial charge in [0, 0.05) is 48.5 Å². The van der Waals surface area contributed by atoms with E-state index in [0.717, 1.165) is 98.3 Å². The van der Waals surface area contributed by atoms with Gasteiger partial charge in [-0.1, -0.05) is 91.0 Å². The summed E-state index contributed by atoms with van der Waals surface area (Å²) >= 11 is 0. The first-order valence-electron chi connectivity index (χ1n) is 18.7. The molecular formula is C50H24N4O3. The van der Waals surface area contributed by atoms with Crippen LogP contribution in [0.3, 0.4) is 0 Å². The zero-order valence-electron chi connectivity index (χ0n) is 29.9. The molecular weight excluding hydrogens is 705 g/mol. The van der Waals surface area contributed by atoms with Crippen LogP contribution >= 0.6 is 0 Å². The van der Waals surface area contributed by atoms with Crippen LogP contribution in [0.25, 0.3) is 121 Å².